The average molecular weight is 255 g/mol. The highest BCUT2D eigenvalue weighted by Gasteiger charge is 2.32. The van der Waals surface area contributed by atoms with Crippen molar-refractivity contribution in [1.29, 1.82) is 0 Å². The number of carbonyl (C=O) groups excluding carboxylic acids is 2. The maximum atomic E-state index is 12.2. The fraction of sp³-hybridized carbons (Fsp3) is 0.833. The Morgan fingerprint density at radius 1 is 1.17 bits per heavy atom. The number of nitrogens with zero attached hydrogens (tertiary/aromatic N) is 2. The molecule has 0 aromatic rings. The van der Waals surface area contributed by atoms with Crippen molar-refractivity contribution in [1.82, 2.24) is 15.1 Å². The molecule has 2 aliphatic rings. The van der Waals surface area contributed by atoms with E-state index in [4.69, 9.17) is 0 Å². The lowest BCUT2D eigenvalue weighted by Crippen LogP contribution is -2.45. The first-order valence-corrected chi connectivity index (χ1v) is 6.53. The number of hydrogen-bond donors (Lipinski definition) is 2. The van der Waals surface area contributed by atoms with Crippen molar-refractivity contribution in [2.24, 2.45) is 0 Å². The number of β-amino-alcohol motifs (C(OH)–C–C–N with tert-alkyl or cyclic N) is 1. The lowest BCUT2D eigenvalue weighted by atomic mass is 10.2. The van der Waals surface area contributed by atoms with E-state index in [0.717, 1.165) is 13.0 Å². The maximum absolute atomic E-state index is 12.2. The molecule has 0 bridgehead atoms. The highest BCUT2D eigenvalue weighted by molar-refractivity contribution is 5.82. The number of hydrogen-bond acceptors (Lipinski definition) is 4. The molecule has 6 heteroatoms. The van der Waals surface area contributed by atoms with E-state index in [1.54, 1.807) is 16.7 Å². The molecule has 0 spiro atoms. The molecule has 2 fully saturated rings. The smallest absolute Gasteiger partial charge is 0.239 e. The molecule has 6 nitrogen and oxygen atoms in total. The molecule has 2 N–H and O–H groups in total. The number of nitrogens with one attached hydrogen (secondary N) is 1. The second-order valence-corrected chi connectivity index (χ2v) is 5.04. The number of aliphatic hydroxyl groups is 1. The zero-order valence-electron chi connectivity index (χ0n) is 10.8. The Labute approximate surface area is 107 Å². The molecule has 0 aliphatic carbocycles. The standard InChI is InChI=1S/C12H21N3O3/c1-9(16)14-3-2-4-15(6-5-14)12(18)11-7-10(17)8-13-11/h10-11,13,17H,2-8H2,1H3. The van der Waals surface area contributed by atoms with Crippen LogP contribution in [0.5, 0.6) is 0 Å². The van der Waals surface area contributed by atoms with Gasteiger partial charge >= 0.3 is 0 Å². The number of carbonyl (C=O) groups is 2. The van der Waals surface area contributed by atoms with Gasteiger partial charge in [-0.25, -0.2) is 0 Å². The highest BCUT2D eigenvalue weighted by atomic mass is 16.3. The van der Waals surface area contributed by atoms with Crippen LogP contribution in [0.2, 0.25) is 0 Å². The van der Waals surface area contributed by atoms with Gasteiger partial charge in [0.25, 0.3) is 0 Å². The molecule has 2 amide bonds. The van der Waals surface area contributed by atoms with Gasteiger partial charge < -0.3 is 20.2 Å². The van der Waals surface area contributed by atoms with E-state index >= 15 is 0 Å². The van der Waals surface area contributed by atoms with Crippen LogP contribution in [0.3, 0.4) is 0 Å². The van der Waals surface area contributed by atoms with Crippen molar-refractivity contribution in [2.45, 2.75) is 31.9 Å². The zero-order valence-corrected chi connectivity index (χ0v) is 10.8. The number of rotatable bonds is 1. The topological polar surface area (TPSA) is 72.9 Å². The van der Waals surface area contributed by atoms with Gasteiger partial charge in [-0.2, -0.15) is 0 Å². The molecule has 18 heavy (non-hydrogen) atoms. The molecule has 102 valence electrons. The third-order valence-corrected chi connectivity index (χ3v) is 3.66. The Hall–Kier alpha value is -1.14. The van der Waals surface area contributed by atoms with Crippen LogP contribution in [0.1, 0.15) is 19.8 Å². The van der Waals surface area contributed by atoms with Gasteiger partial charge in [-0.15, -0.1) is 0 Å². The van der Waals surface area contributed by atoms with Crippen molar-refractivity contribution < 1.29 is 14.7 Å². The summed E-state index contributed by atoms with van der Waals surface area (Å²) in [5.41, 5.74) is 0. The lowest BCUT2D eigenvalue weighted by molar-refractivity contribution is -0.134. The van der Waals surface area contributed by atoms with Gasteiger partial charge in [0.05, 0.1) is 12.1 Å². The second kappa shape index (κ2) is 5.67. The molecule has 2 atom stereocenters. The summed E-state index contributed by atoms with van der Waals surface area (Å²) in [5, 5.41) is 12.5. The Morgan fingerprint density at radius 2 is 1.83 bits per heavy atom. The predicted octanol–water partition coefficient (Wildman–Crippen LogP) is -1.21. The molecule has 2 heterocycles. The average Bonchev–Trinajstić information content (AvgIpc) is 2.63. The van der Waals surface area contributed by atoms with Gasteiger partial charge in [-0.3, -0.25) is 9.59 Å². The maximum Gasteiger partial charge on any atom is 0.239 e. The van der Waals surface area contributed by atoms with E-state index in [1.807, 2.05) is 0 Å². The summed E-state index contributed by atoms with van der Waals surface area (Å²) in [6.45, 7) is 4.66. The fourth-order valence-corrected chi connectivity index (χ4v) is 2.58. The summed E-state index contributed by atoms with van der Waals surface area (Å²) in [6.07, 6.45) is 0.895. The summed E-state index contributed by atoms with van der Waals surface area (Å²) in [5.74, 6) is 0.121. The largest absolute Gasteiger partial charge is 0.392 e. The minimum Gasteiger partial charge on any atom is -0.392 e. The number of aliphatic hydroxyl groups excluding tert-OH is 1. The first-order chi connectivity index (χ1) is 8.58. The molecule has 2 saturated heterocycles. The van der Waals surface area contributed by atoms with Gasteiger partial charge in [0, 0.05) is 39.6 Å². The van der Waals surface area contributed by atoms with E-state index in [0.29, 0.717) is 32.6 Å². The molecule has 2 aliphatic heterocycles. The molecule has 2 unspecified atom stereocenters. The Balaban J connectivity index is 1.89. The molecule has 0 aromatic carbocycles. The van der Waals surface area contributed by atoms with Crippen LogP contribution in [0.4, 0.5) is 0 Å². The van der Waals surface area contributed by atoms with Gasteiger partial charge in [0.1, 0.15) is 0 Å². The van der Waals surface area contributed by atoms with E-state index < -0.39 is 6.10 Å². The molecular formula is C12H21N3O3. The van der Waals surface area contributed by atoms with Crippen molar-refractivity contribution in [3.05, 3.63) is 0 Å². The van der Waals surface area contributed by atoms with E-state index in [9.17, 15) is 14.7 Å². The van der Waals surface area contributed by atoms with Crippen LogP contribution in [-0.4, -0.2) is 71.6 Å². The lowest BCUT2D eigenvalue weighted by Gasteiger charge is -2.24. The normalized spacial score (nSPS) is 29.2. The minimum atomic E-state index is -0.417. The third-order valence-electron chi connectivity index (χ3n) is 3.66. The van der Waals surface area contributed by atoms with Crippen LogP contribution in [0.25, 0.3) is 0 Å². The molecule has 0 saturated carbocycles. The SMILES string of the molecule is CC(=O)N1CCCN(C(=O)C2CC(O)CN2)CC1. The van der Waals surface area contributed by atoms with Crippen LogP contribution < -0.4 is 5.32 Å². The third kappa shape index (κ3) is 3.00. The fourth-order valence-electron chi connectivity index (χ4n) is 2.58. The Bertz CT molecular complexity index is 335. The summed E-state index contributed by atoms with van der Waals surface area (Å²) in [4.78, 5) is 27.1. The molecule has 0 radical (unpaired) electrons. The van der Waals surface area contributed by atoms with Gasteiger partial charge in [0.15, 0.2) is 0 Å². The van der Waals surface area contributed by atoms with Gasteiger partial charge in [-0.1, -0.05) is 0 Å². The predicted molar refractivity (Wildman–Crippen MR) is 65.9 cm³/mol. The number of amides is 2. The van der Waals surface area contributed by atoms with E-state index in [2.05, 4.69) is 5.32 Å². The van der Waals surface area contributed by atoms with Crippen LogP contribution in [0.15, 0.2) is 0 Å². The highest BCUT2D eigenvalue weighted by Crippen LogP contribution is 2.12. The summed E-state index contributed by atoms with van der Waals surface area (Å²) in [7, 11) is 0. The van der Waals surface area contributed by atoms with Crippen molar-refractivity contribution in [3.63, 3.8) is 0 Å². The van der Waals surface area contributed by atoms with Crippen LogP contribution in [0, 0.1) is 0 Å². The minimum absolute atomic E-state index is 0.0527. The molecule has 2 rings (SSSR count). The summed E-state index contributed by atoms with van der Waals surface area (Å²) in [6, 6.07) is -0.260. The first-order valence-electron chi connectivity index (χ1n) is 6.53. The monoisotopic (exact) mass is 255 g/mol. The molecular weight excluding hydrogens is 234 g/mol. The summed E-state index contributed by atoms with van der Waals surface area (Å²) >= 11 is 0. The Kier molecular flexibility index (Phi) is 4.19. The van der Waals surface area contributed by atoms with E-state index in [-0.39, 0.29) is 17.9 Å². The van der Waals surface area contributed by atoms with Gasteiger partial charge in [-0.05, 0) is 12.8 Å². The van der Waals surface area contributed by atoms with Crippen molar-refractivity contribution >= 4 is 11.8 Å². The van der Waals surface area contributed by atoms with Crippen LogP contribution >= 0.6 is 0 Å². The molecule has 0 aromatic heterocycles. The van der Waals surface area contributed by atoms with Crippen LogP contribution in [-0.2, 0) is 9.59 Å². The summed E-state index contributed by atoms with van der Waals surface area (Å²) < 4.78 is 0. The van der Waals surface area contributed by atoms with Crippen molar-refractivity contribution in [2.75, 3.05) is 32.7 Å². The second-order valence-electron chi connectivity index (χ2n) is 5.04. The van der Waals surface area contributed by atoms with E-state index in [1.165, 1.54) is 0 Å². The quantitative estimate of drug-likeness (QED) is 0.617. The first kappa shape index (κ1) is 13.3. The van der Waals surface area contributed by atoms with Crippen molar-refractivity contribution in [3.8, 4) is 0 Å². The van der Waals surface area contributed by atoms with Gasteiger partial charge in [0.2, 0.25) is 11.8 Å². The Morgan fingerprint density at radius 3 is 2.44 bits per heavy atom. The zero-order chi connectivity index (χ0) is 13.1.